The van der Waals surface area contributed by atoms with E-state index in [0.29, 0.717) is 0 Å². The summed E-state index contributed by atoms with van der Waals surface area (Å²) in [6.45, 7) is 0. The molecule has 0 N–H and O–H groups in total. The summed E-state index contributed by atoms with van der Waals surface area (Å²) in [6.07, 6.45) is 0. The molecule has 2 aromatic heterocycles. The van der Waals surface area contributed by atoms with Crippen molar-refractivity contribution < 1.29 is 0 Å². The largest absolute Gasteiger partial charge is 0.134 e. The van der Waals surface area contributed by atoms with Gasteiger partial charge in [-0.25, -0.2) is 0 Å². The molecule has 0 atom stereocenters. The summed E-state index contributed by atoms with van der Waals surface area (Å²) in [7, 11) is 0. The summed E-state index contributed by atoms with van der Waals surface area (Å²) in [6, 6.07) is 72.5. The second-order valence-electron chi connectivity index (χ2n) is 15.5. The van der Waals surface area contributed by atoms with Gasteiger partial charge in [0.25, 0.3) is 0 Å². The van der Waals surface area contributed by atoms with Crippen LogP contribution in [0.5, 0.6) is 0 Å². The number of hydrogen-bond acceptors (Lipinski definition) is 2. The minimum Gasteiger partial charge on any atom is -0.134 e. The van der Waals surface area contributed by atoms with Crippen LogP contribution in [0.25, 0.3) is 128 Å². The van der Waals surface area contributed by atoms with Gasteiger partial charge in [-0.1, -0.05) is 176 Å². The standard InChI is InChI=1S/C56H32S2/c1-3-15-36-33(12-1)14-11-23-41(36)52-42-19-7-9-21-44(42)53(45-22-10-8-20-43(45)52)46-27-26-37(39-17-5-6-18-40(39)46)35-25-30-50-49(32-35)47-28-29-48-54-38-16-4-2-13-34(38)24-31-51(54)58-56(48)55(47)57-50/h1-32H. The van der Waals surface area contributed by atoms with Crippen molar-refractivity contribution in [2.75, 3.05) is 0 Å². The van der Waals surface area contributed by atoms with Gasteiger partial charge in [-0.3, -0.25) is 0 Å². The van der Waals surface area contributed by atoms with E-state index in [-0.39, 0.29) is 0 Å². The maximum Gasteiger partial charge on any atom is 0.0534 e. The fourth-order valence-corrected chi connectivity index (χ4v) is 12.5. The third-order valence-electron chi connectivity index (χ3n) is 12.5. The first-order valence-corrected chi connectivity index (χ1v) is 21.6. The quantitative estimate of drug-likeness (QED) is 0.157. The molecule has 0 saturated carbocycles. The third kappa shape index (κ3) is 4.56. The lowest BCUT2D eigenvalue weighted by Gasteiger charge is -2.20. The fraction of sp³-hybridized carbons (Fsp3) is 0. The van der Waals surface area contributed by atoms with E-state index < -0.39 is 0 Å². The van der Waals surface area contributed by atoms with E-state index >= 15 is 0 Å². The van der Waals surface area contributed by atoms with Crippen LogP contribution in [0.1, 0.15) is 0 Å². The molecule has 0 radical (unpaired) electrons. The number of fused-ring (bicyclic) bond motifs is 13. The Balaban J connectivity index is 1.02. The molecule has 0 nitrogen and oxygen atoms in total. The van der Waals surface area contributed by atoms with Crippen molar-refractivity contribution in [1.82, 2.24) is 0 Å². The number of thiophene rings is 2. The van der Waals surface area contributed by atoms with Gasteiger partial charge < -0.3 is 0 Å². The normalized spacial score (nSPS) is 12.1. The zero-order valence-electron chi connectivity index (χ0n) is 31.3. The Bertz CT molecular complexity index is 3800. The highest BCUT2D eigenvalue weighted by Crippen LogP contribution is 2.49. The van der Waals surface area contributed by atoms with Crippen molar-refractivity contribution in [3.05, 3.63) is 194 Å². The van der Waals surface area contributed by atoms with Crippen molar-refractivity contribution in [1.29, 1.82) is 0 Å². The minimum atomic E-state index is 1.25. The molecule has 268 valence electrons. The molecule has 0 aliphatic carbocycles. The zero-order chi connectivity index (χ0) is 37.9. The van der Waals surface area contributed by atoms with Crippen molar-refractivity contribution in [2.45, 2.75) is 0 Å². The van der Waals surface area contributed by atoms with E-state index in [1.54, 1.807) is 0 Å². The third-order valence-corrected chi connectivity index (χ3v) is 15.0. The lowest BCUT2D eigenvalue weighted by atomic mass is 9.83. The van der Waals surface area contributed by atoms with Crippen molar-refractivity contribution in [2.24, 2.45) is 0 Å². The van der Waals surface area contributed by atoms with Gasteiger partial charge in [0.05, 0.1) is 9.40 Å². The highest BCUT2D eigenvalue weighted by Gasteiger charge is 2.21. The molecule has 0 amide bonds. The molecule has 58 heavy (non-hydrogen) atoms. The van der Waals surface area contributed by atoms with Crippen LogP contribution in [0.15, 0.2) is 194 Å². The average Bonchev–Trinajstić information content (AvgIpc) is 3.86. The molecule has 0 fully saturated rings. The fourth-order valence-electron chi connectivity index (χ4n) is 9.93. The maximum atomic E-state index is 2.44. The van der Waals surface area contributed by atoms with Gasteiger partial charge in [0.1, 0.15) is 0 Å². The highest BCUT2D eigenvalue weighted by molar-refractivity contribution is 7.33. The molecule has 13 rings (SSSR count). The first-order valence-electron chi connectivity index (χ1n) is 19.9. The highest BCUT2D eigenvalue weighted by atomic mass is 32.1. The van der Waals surface area contributed by atoms with Crippen LogP contribution >= 0.6 is 22.7 Å². The maximum absolute atomic E-state index is 2.44. The van der Waals surface area contributed by atoms with Gasteiger partial charge in [-0.2, -0.15) is 0 Å². The predicted molar refractivity (Wildman–Crippen MR) is 256 cm³/mol. The Morgan fingerprint density at radius 3 is 1.45 bits per heavy atom. The molecule has 2 heterocycles. The summed E-state index contributed by atoms with van der Waals surface area (Å²) < 4.78 is 5.47. The van der Waals surface area contributed by atoms with E-state index in [2.05, 4.69) is 194 Å². The number of hydrogen-bond donors (Lipinski definition) is 0. The Kier molecular flexibility index (Phi) is 6.86. The Hall–Kier alpha value is -6.84. The molecule has 11 aromatic carbocycles. The Morgan fingerprint density at radius 2 is 0.741 bits per heavy atom. The Morgan fingerprint density at radius 1 is 0.259 bits per heavy atom. The van der Waals surface area contributed by atoms with Crippen molar-refractivity contribution in [3.63, 3.8) is 0 Å². The SMILES string of the molecule is c1ccc2c(-c3c4ccccc4c(-c4ccc(-c5ccc6sc7c(ccc8c7sc7ccc9ccccc9c78)c6c5)c5ccccc45)c4ccccc34)cccc2c1. The van der Waals surface area contributed by atoms with Gasteiger partial charge in [0.2, 0.25) is 0 Å². The predicted octanol–water partition coefficient (Wildman–Crippen LogP) is 17.2. The van der Waals surface area contributed by atoms with Gasteiger partial charge >= 0.3 is 0 Å². The summed E-state index contributed by atoms with van der Waals surface area (Å²) in [5.74, 6) is 0. The topological polar surface area (TPSA) is 0 Å². The molecule has 0 spiro atoms. The van der Waals surface area contributed by atoms with Crippen molar-refractivity contribution in [3.8, 4) is 33.4 Å². The number of benzene rings is 11. The monoisotopic (exact) mass is 768 g/mol. The van der Waals surface area contributed by atoms with E-state index in [4.69, 9.17) is 0 Å². The van der Waals surface area contributed by atoms with Crippen LogP contribution < -0.4 is 0 Å². The van der Waals surface area contributed by atoms with Crippen LogP contribution in [-0.4, -0.2) is 0 Å². The van der Waals surface area contributed by atoms with Gasteiger partial charge in [-0.05, 0) is 105 Å². The zero-order valence-corrected chi connectivity index (χ0v) is 32.9. The van der Waals surface area contributed by atoms with Crippen LogP contribution in [0.3, 0.4) is 0 Å². The van der Waals surface area contributed by atoms with E-state index in [0.717, 1.165) is 0 Å². The molecule has 0 unspecified atom stereocenters. The minimum absolute atomic E-state index is 1.25. The Labute approximate surface area is 342 Å². The summed E-state index contributed by atoms with van der Waals surface area (Å²) in [5, 5.41) is 18.2. The second-order valence-corrected chi connectivity index (χ2v) is 17.6. The van der Waals surface area contributed by atoms with Crippen LogP contribution in [0.4, 0.5) is 0 Å². The molecule has 13 aromatic rings. The smallest absolute Gasteiger partial charge is 0.0534 e. The summed E-state index contributed by atoms with van der Waals surface area (Å²) in [4.78, 5) is 0. The van der Waals surface area contributed by atoms with Gasteiger partial charge in [0.15, 0.2) is 0 Å². The van der Waals surface area contributed by atoms with Gasteiger partial charge in [0, 0.05) is 30.9 Å². The molecular formula is C56H32S2. The van der Waals surface area contributed by atoms with E-state index in [1.165, 1.54) is 128 Å². The molecule has 0 aliphatic heterocycles. The molecule has 0 aliphatic rings. The second kappa shape index (κ2) is 12.3. The molecule has 2 heteroatoms. The van der Waals surface area contributed by atoms with Crippen LogP contribution in [0, 0.1) is 0 Å². The summed E-state index contributed by atoms with van der Waals surface area (Å²) in [5.41, 5.74) is 7.63. The van der Waals surface area contributed by atoms with Crippen LogP contribution in [-0.2, 0) is 0 Å². The molecule has 0 saturated heterocycles. The van der Waals surface area contributed by atoms with E-state index in [9.17, 15) is 0 Å². The molecule has 0 bridgehead atoms. The first kappa shape index (κ1) is 32.3. The average molecular weight is 769 g/mol. The van der Waals surface area contributed by atoms with Crippen LogP contribution in [0.2, 0.25) is 0 Å². The first-order chi connectivity index (χ1) is 28.8. The number of rotatable bonds is 3. The molecular weight excluding hydrogens is 737 g/mol. The van der Waals surface area contributed by atoms with Gasteiger partial charge in [-0.15, -0.1) is 22.7 Å². The van der Waals surface area contributed by atoms with E-state index in [1.807, 2.05) is 22.7 Å². The lowest BCUT2D eigenvalue weighted by Crippen LogP contribution is -1.93. The summed E-state index contributed by atoms with van der Waals surface area (Å²) >= 11 is 3.87. The lowest BCUT2D eigenvalue weighted by molar-refractivity contribution is 1.67. The van der Waals surface area contributed by atoms with Crippen molar-refractivity contribution >= 4 is 117 Å².